The van der Waals surface area contributed by atoms with Crippen LogP contribution in [0.15, 0.2) is 53.4 Å². The number of amides is 1. The summed E-state index contributed by atoms with van der Waals surface area (Å²) >= 11 is 7.47. The molecule has 152 valence electrons. The summed E-state index contributed by atoms with van der Waals surface area (Å²) in [6.45, 7) is 1.11. The van der Waals surface area contributed by atoms with Crippen molar-refractivity contribution in [2.45, 2.75) is 10.6 Å². The number of carbonyl (C=O) groups is 1. The van der Waals surface area contributed by atoms with Gasteiger partial charge in [-0.3, -0.25) is 4.79 Å². The minimum absolute atomic E-state index is 0.00787. The van der Waals surface area contributed by atoms with E-state index >= 15 is 0 Å². The Balaban J connectivity index is 1.53. The molecule has 1 saturated heterocycles. The van der Waals surface area contributed by atoms with Crippen molar-refractivity contribution in [1.29, 1.82) is 5.26 Å². The number of nitriles is 1. The van der Waals surface area contributed by atoms with Gasteiger partial charge in [0, 0.05) is 37.0 Å². The molecule has 1 aliphatic rings. The van der Waals surface area contributed by atoms with E-state index in [4.69, 9.17) is 11.6 Å². The van der Waals surface area contributed by atoms with Gasteiger partial charge >= 0.3 is 0 Å². The van der Waals surface area contributed by atoms with Gasteiger partial charge in [-0.05, 0) is 29.8 Å². The van der Waals surface area contributed by atoms with Crippen molar-refractivity contribution in [3.63, 3.8) is 0 Å². The minimum atomic E-state index is -3.76. The first-order chi connectivity index (χ1) is 13.9. The summed E-state index contributed by atoms with van der Waals surface area (Å²) in [4.78, 5) is 14.2. The second-order valence-electron chi connectivity index (χ2n) is 6.52. The van der Waals surface area contributed by atoms with Crippen molar-refractivity contribution in [1.82, 2.24) is 9.21 Å². The Labute approximate surface area is 180 Å². The molecule has 0 aromatic heterocycles. The highest BCUT2D eigenvalue weighted by atomic mass is 35.5. The normalized spacial score (nSPS) is 15.1. The largest absolute Gasteiger partial charge is 0.339 e. The van der Waals surface area contributed by atoms with Gasteiger partial charge in [0.1, 0.15) is 6.07 Å². The lowest BCUT2D eigenvalue weighted by Crippen LogP contribution is -2.51. The number of sulfonamides is 1. The van der Waals surface area contributed by atoms with Crippen LogP contribution in [0.25, 0.3) is 0 Å². The molecule has 0 aliphatic carbocycles. The van der Waals surface area contributed by atoms with E-state index in [1.807, 2.05) is 30.3 Å². The lowest BCUT2D eigenvalue weighted by Gasteiger charge is -2.34. The number of rotatable bonds is 6. The summed E-state index contributed by atoms with van der Waals surface area (Å²) in [5.41, 5.74) is 1.19. The van der Waals surface area contributed by atoms with Crippen LogP contribution in [0, 0.1) is 11.3 Å². The maximum atomic E-state index is 12.9. The molecule has 1 amide bonds. The zero-order valence-electron chi connectivity index (χ0n) is 15.6. The fraction of sp³-hybridized carbons (Fsp3) is 0.300. The first kappa shape index (κ1) is 21.7. The van der Waals surface area contributed by atoms with Crippen molar-refractivity contribution >= 4 is 39.3 Å². The second-order valence-corrected chi connectivity index (χ2v) is 9.84. The Bertz CT molecular complexity index is 1030. The lowest BCUT2D eigenvalue weighted by atomic mass is 10.2. The van der Waals surface area contributed by atoms with E-state index in [2.05, 4.69) is 0 Å². The summed E-state index contributed by atoms with van der Waals surface area (Å²) in [7, 11) is -3.76. The monoisotopic (exact) mass is 449 g/mol. The van der Waals surface area contributed by atoms with E-state index in [1.54, 1.807) is 17.0 Å². The van der Waals surface area contributed by atoms with E-state index in [0.717, 1.165) is 5.56 Å². The standard InChI is InChI=1S/C20H20ClN3O3S2/c21-18-6-3-4-16(12-18)14-28-15-20(25)23-8-10-24(11-9-23)29(26,27)19-7-2-1-5-17(19)13-22/h1-7,12H,8-11,14-15H2. The predicted octanol–water partition coefficient (Wildman–Crippen LogP) is 2.98. The van der Waals surface area contributed by atoms with Gasteiger partial charge in [-0.2, -0.15) is 9.57 Å². The van der Waals surface area contributed by atoms with Crippen molar-refractivity contribution < 1.29 is 13.2 Å². The molecule has 1 aliphatic heterocycles. The van der Waals surface area contributed by atoms with Crippen LogP contribution in [-0.4, -0.2) is 55.5 Å². The Morgan fingerprint density at radius 2 is 1.83 bits per heavy atom. The molecule has 29 heavy (non-hydrogen) atoms. The summed E-state index contributed by atoms with van der Waals surface area (Å²) in [5.74, 6) is 1.01. The fourth-order valence-corrected chi connectivity index (χ4v) is 5.73. The number of carbonyl (C=O) groups excluding carboxylic acids is 1. The number of benzene rings is 2. The topological polar surface area (TPSA) is 81.5 Å². The van der Waals surface area contributed by atoms with Gasteiger partial charge < -0.3 is 4.90 Å². The highest BCUT2D eigenvalue weighted by Crippen LogP contribution is 2.22. The highest BCUT2D eigenvalue weighted by molar-refractivity contribution is 7.99. The van der Waals surface area contributed by atoms with Gasteiger partial charge in [0.15, 0.2) is 0 Å². The van der Waals surface area contributed by atoms with E-state index in [9.17, 15) is 18.5 Å². The predicted molar refractivity (Wildman–Crippen MR) is 114 cm³/mol. The molecule has 0 atom stereocenters. The van der Waals surface area contributed by atoms with Crippen LogP contribution in [0.2, 0.25) is 5.02 Å². The van der Waals surface area contributed by atoms with E-state index in [1.165, 1.54) is 28.2 Å². The van der Waals surface area contributed by atoms with Gasteiger partial charge in [0.05, 0.1) is 16.2 Å². The number of thioether (sulfide) groups is 1. The molecule has 2 aromatic rings. The average Bonchev–Trinajstić information content (AvgIpc) is 2.73. The fourth-order valence-electron chi connectivity index (χ4n) is 3.08. The third-order valence-electron chi connectivity index (χ3n) is 4.60. The number of nitrogens with zero attached hydrogens (tertiary/aromatic N) is 3. The molecule has 0 spiro atoms. The summed E-state index contributed by atoms with van der Waals surface area (Å²) in [6, 6.07) is 15.6. The number of piperazine rings is 1. The van der Waals surface area contributed by atoms with Crippen LogP contribution in [0.5, 0.6) is 0 Å². The van der Waals surface area contributed by atoms with Gasteiger partial charge in [-0.25, -0.2) is 8.42 Å². The maximum Gasteiger partial charge on any atom is 0.244 e. The molecule has 0 N–H and O–H groups in total. The number of hydrogen-bond donors (Lipinski definition) is 0. The molecule has 6 nitrogen and oxygen atoms in total. The molecule has 0 bridgehead atoms. The van der Waals surface area contributed by atoms with Crippen molar-refractivity contribution in [3.8, 4) is 6.07 Å². The molecular weight excluding hydrogens is 430 g/mol. The maximum absolute atomic E-state index is 12.9. The van der Waals surface area contributed by atoms with Crippen LogP contribution in [0.3, 0.4) is 0 Å². The molecule has 0 unspecified atom stereocenters. The molecule has 2 aromatic carbocycles. The quantitative estimate of drug-likeness (QED) is 0.677. The van der Waals surface area contributed by atoms with Gasteiger partial charge in [0.2, 0.25) is 15.9 Å². The minimum Gasteiger partial charge on any atom is -0.339 e. The molecule has 9 heteroatoms. The summed E-state index contributed by atoms with van der Waals surface area (Å²) in [6.07, 6.45) is 0. The van der Waals surface area contributed by atoms with Crippen LogP contribution in [-0.2, 0) is 20.6 Å². The molecule has 0 saturated carbocycles. The zero-order valence-corrected chi connectivity index (χ0v) is 18.0. The zero-order chi connectivity index (χ0) is 20.9. The van der Waals surface area contributed by atoms with Gasteiger partial charge in [-0.1, -0.05) is 35.9 Å². The van der Waals surface area contributed by atoms with E-state index in [0.29, 0.717) is 29.6 Å². The molecule has 0 radical (unpaired) electrons. The highest BCUT2D eigenvalue weighted by Gasteiger charge is 2.31. The third kappa shape index (κ3) is 5.31. The first-order valence-corrected chi connectivity index (χ1v) is 12.0. The number of halogens is 1. The summed E-state index contributed by atoms with van der Waals surface area (Å²) in [5, 5.41) is 9.85. The van der Waals surface area contributed by atoms with E-state index in [-0.39, 0.29) is 29.5 Å². The second kappa shape index (κ2) is 9.63. The first-order valence-electron chi connectivity index (χ1n) is 9.01. The summed E-state index contributed by atoms with van der Waals surface area (Å²) < 4.78 is 27.1. The third-order valence-corrected chi connectivity index (χ3v) is 7.78. The Kier molecular flexibility index (Phi) is 7.19. The molecular formula is C20H20ClN3O3S2. The Morgan fingerprint density at radius 1 is 1.10 bits per heavy atom. The number of hydrogen-bond acceptors (Lipinski definition) is 5. The Morgan fingerprint density at radius 3 is 2.52 bits per heavy atom. The van der Waals surface area contributed by atoms with Crippen molar-refractivity contribution in [2.24, 2.45) is 0 Å². The van der Waals surface area contributed by atoms with Crippen LogP contribution in [0.1, 0.15) is 11.1 Å². The van der Waals surface area contributed by atoms with Gasteiger partial charge in [0.25, 0.3) is 0 Å². The average molecular weight is 450 g/mol. The van der Waals surface area contributed by atoms with Crippen LogP contribution < -0.4 is 0 Å². The lowest BCUT2D eigenvalue weighted by molar-refractivity contribution is -0.129. The SMILES string of the molecule is N#Cc1ccccc1S(=O)(=O)N1CCN(C(=O)CSCc2cccc(Cl)c2)CC1. The smallest absolute Gasteiger partial charge is 0.244 e. The molecule has 3 rings (SSSR count). The van der Waals surface area contributed by atoms with Gasteiger partial charge in [-0.15, -0.1) is 11.8 Å². The van der Waals surface area contributed by atoms with Crippen molar-refractivity contribution in [2.75, 3.05) is 31.9 Å². The van der Waals surface area contributed by atoms with Crippen LogP contribution >= 0.6 is 23.4 Å². The Hall–Kier alpha value is -2.05. The molecule has 1 fully saturated rings. The van der Waals surface area contributed by atoms with Crippen LogP contribution in [0.4, 0.5) is 0 Å². The molecule has 1 heterocycles. The van der Waals surface area contributed by atoms with Crippen molar-refractivity contribution in [3.05, 3.63) is 64.7 Å². The van der Waals surface area contributed by atoms with E-state index < -0.39 is 10.0 Å².